The summed E-state index contributed by atoms with van der Waals surface area (Å²) in [4.78, 5) is 24.2. The zero-order chi connectivity index (χ0) is 22.2. The highest BCUT2D eigenvalue weighted by Gasteiger charge is 2.15. The van der Waals surface area contributed by atoms with E-state index < -0.39 is 24.3 Å². The third-order valence-corrected chi connectivity index (χ3v) is 4.59. The third kappa shape index (κ3) is 5.96. The van der Waals surface area contributed by atoms with Gasteiger partial charge < -0.3 is 19.5 Å². The lowest BCUT2D eigenvalue weighted by molar-refractivity contribution is -0.119. The minimum absolute atomic E-state index is 0.00485. The van der Waals surface area contributed by atoms with Crippen LogP contribution in [0.25, 0.3) is 0 Å². The fourth-order valence-corrected chi connectivity index (χ4v) is 2.84. The highest BCUT2D eigenvalue weighted by molar-refractivity contribution is 6.31. The summed E-state index contributed by atoms with van der Waals surface area (Å²) in [6.07, 6.45) is 0. The van der Waals surface area contributed by atoms with E-state index in [0.29, 0.717) is 16.5 Å². The summed E-state index contributed by atoms with van der Waals surface area (Å²) >= 11 is 6.13. The fraction of sp³-hybridized carbons (Fsp3) is 0.130. The van der Waals surface area contributed by atoms with Crippen LogP contribution in [0.1, 0.15) is 15.9 Å². The minimum atomic E-state index is -0.736. The van der Waals surface area contributed by atoms with Gasteiger partial charge in [-0.15, -0.1) is 0 Å². The van der Waals surface area contributed by atoms with Gasteiger partial charge in [0.2, 0.25) is 0 Å². The minimum Gasteiger partial charge on any atom is -0.493 e. The topological polar surface area (TPSA) is 73.9 Å². The summed E-state index contributed by atoms with van der Waals surface area (Å²) in [6, 6.07) is 17.5. The summed E-state index contributed by atoms with van der Waals surface area (Å²) < 4.78 is 29.6. The van der Waals surface area contributed by atoms with E-state index in [2.05, 4.69) is 5.32 Å². The Bertz CT molecular complexity index is 1090. The maximum absolute atomic E-state index is 13.6. The van der Waals surface area contributed by atoms with Crippen LogP contribution in [-0.4, -0.2) is 25.6 Å². The highest BCUT2D eigenvalue weighted by atomic mass is 35.5. The molecule has 1 amide bonds. The zero-order valence-electron chi connectivity index (χ0n) is 16.6. The van der Waals surface area contributed by atoms with Crippen LogP contribution in [0.15, 0.2) is 66.7 Å². The van der Waals surface area contributed by atoms with Crippen LogP contribution >= 0.6 is 11.6 Å². The molecule has 3 aromatic rings. The van der Waals surface area contributed by atoms with Crippen molar-refractivity contribution in [1.82, 2.24) is 0 Å². The van der Waals surface area contributed by atoms with Gasteiger partial charge in [0.25, 0.3) is 5.91 Å². The van der Waals surface area contributed by atoms with Crippen LogP contribution in [0.3, 0.4) is 0 Å². The van der Waals surface area contributed by atoms with Crippen LogP contribution in [0.4, 0.5) is 10.1 Å². The third-order valence-electron chi connectivity index (χ3n) is 4.22. The standard InChI is InChI=1S/C23H19ClFNO5/c1-29-21-12-15(10-11-20(21)30-13-16-6-2-3-7-17(16)24)23(28)31-14-22(27)26-19-9-5-4-8-18(19)25/h2-12H,13-14H2,1H3,(H,26,27). The maximum atomic E-state index is 13.6. The molecule has 0 saturated heterocycles. The molecule has 0 aromatic heterocycles. The van der Waals surface area contributed by atoms with Crippen molar-refractivity contribution in [3.8, 4) is 11.5 Å². The van der Waals surface area contributed by atoms with Gasteiger partial charge in [-0.05, 0) is 36.4 Å². The summed E-state index contributed by atoms with van der Waals surface area (Å²) in [5, 5.41) is 2.92. The average molecular weight is 444 g/mol. The molecule has 0 bridgehead atoms. The first-order valence-electron chi connectivity index (χ1n) is 9.23. The van der Waals surface area contributed by atoms with Crippen LogP contribution in [0.5, 0.6) is 11.5 Å². The summed E-state index contributed by atoms with van der Waals surface area (Å²) in [7, 11) is 1.44. The Kier molecular flexibility index (Phi) is 7.45. The second-order valence-corrected chi connectivity index (χ2v) is 6.76. The predicted molar refractivity (Wildman–Crippen MR) is 114 cm³/mol. The van der Waals surface area contributed by atoms with Gasteiger partial charge in [0.05, 0.1) is 18.4 Å². The Morgan fingerprint density at radius 3 is 2.48 bits per heavy atom. The number of carbonyl (C=O) groups is 2. The number of esters is 1. The normalized spacial score (nSPS) is 10.3. The molecule has 0 fully saturated rings. The molecule has 0 aliphatic heterocycles. The van der Waals surface area contributed by atoms with Gasteiger partial charge in [-0.25, -0.2) is 9.18 Å². The number of methoxy groups -OCH3 is 1. The molecule has 8 heteroatoms. The lowest BCUT2D eigenvalue weighted by atomic mass is 10.2. The van der Waals surface area contributed by atoms with E-state index in [1.165, 1.54) is 37.4 Å². The second kappa shape index (κ2) is 10.4. The van der Waals surface area contributed by atoms with E-state index in [1.54, 1.807) is 18.2 Å². The van der Waals surface area contributed by atoms with Crippen LogP contribution in [0, 0.1) is 5.82 Å². The largest absolute Gasteiger partial charge is 0.493 e. The molecular weight excluding hydrogens is 425 g/mol. The molecule has 0 spiro atoms. The van der Waals surface area contributed by atoms with Gasteiger partial charge in [0.1, 0.15) is 12.4 Å². The number of halogens is 2. The number of ether oxygens (including phenoxy) is 3. The molecule has 6 nitrogen and oxygen atoms in total. The highest BCUT2D eigenvalue weighted by Crippen LogP contribution is 2.30. The molecule has 0 saturated carbocycles. The number of nitrogens with one attached hydrogen (secondary N) is 1. The molecule has 0 heterocycles. The van der Waals surface area contributed by atoms with Crippen LogP contribution < -0.4 is 14.8 Å². The van der Waals surface area contributed by atoms with Gasteiger partial charge >= 0.3 is 5.97 Å². The fourth-order valence-electron chi connectivity index (χ4n) is 2.65. The van der Waals surface area contributed by atoms with Crippen molar-refractivity contribution in [3.63, 3.8) is 0 Å². The zero-order valence-corrected chi connectivity index (χ0v) is 17.3. The van der Waals surface area contributed by atoms with Gasteiger partial charge in [-0.3, -0.25) is 4.79 Å². The lowest BCUT2D eigenvalue weighted by Crippen LogP contribution is -2.21. The Labute approximate surface area is 183 Å². The number of hydrogen-bond donors (Lipinski definition) is 1. The van der Waals surface area contributed by atoms with E-state index >= 15 is 0 Å². The molecule has 0 aliphatic carbocycles. The summed E-state index contributed by atoms with van der Waals surface area (Å²) in [5.41, 5.74) is 0.974. The Balaban J connectivity index is 1.59. The van der Waals surface area contributed by atoms with E-state index in [0.717, 1.165) is 5.56 Å². The van der Waals surface area contributed by atoms with Crippen molar-refractivity contribution in [2.75, 3.05) is 19.0 Å². The Hall–Kier alpha value is -3.58. The smallest absolute Gasteiger partial charge is 0.338 e. The molecule has 0 atom stereocenters. The van der Waals surface area contributed by atoms with Crippen molar-refractivity contribution in [1.29, 1.82) is 0 Å². The molecule has 1 N–H and O–H groups in total. The number of rotatable bonds is 8. The quantitative estimate of drug-likeness (QED) is 0.503. The molecule has 0 aliphatic rings. The lowest BCUT2D eigenvalue weighted by Gasteiger charge is -2.13. The number of benzene rings is 3. The van der Waals surface area contributed by atoms with Crippen molar-refractivity contribution >= 4 is 29.2 Å². The summed E-state index contributed by atoms with van der Waals surface area (Å²) in [5.74, 6) is -1.25. The second-order valence-electron chi connectivity index (χ2n) is 6.35. The van der Waals surface area contributed by atoms with Gasteiger partial charge in [-0.1, -0.05) is 41.9 Å². The van der Waals surface area contributed by atoms with Crippen LogP contribution in [0.2, 0.25) is 5.02 Å². The first-order valence-corrected chi connectivity index (χ1v) is 9.61. The van der Waals surface area contributed by atoms with Gasteiger partial charge in [0.15, 0.2) is 18.1 Å². The molecule has 0 radical (unpaired) electrons. The molecular formula is C23H19ClFNO5. The molecule has 160 valence electrons. The molecule has 31 heavy (non-hydrogen) atoms. The monoisotopic (exact) mass is 443 g/mol. The van der Waals surface area contributed by atoms with E-state index in [4.69, 9.17) is 25.8 Å². The van der Waals surface area contributed by atoms with Gasteiger partial charge in [0, 0.05) is 10.6 Å². The molecule has 3 rings (SSSR count). The number of para-hydroxylation sites is 1. The van der Waals surface area contributed by atoms with Crippen LogP contribution in [-0.2, 0) is 16.1 Å². The van der Waals surface area contributed by atoms with E-state index in [9.17, 15) is 14.0 Å². The van der Waals surface area contributed by atoms with E-state index in [-0.39, 0.29) is 17.9 Å². The maximum Gasteiger partial charge on any atom is 0.338 e. The van der Waals surface area contributed by atoms with Crippen molar-refractivity contribution in [2.24, 2.45) is 0 Å². The number of amides is 1. The average Bonchev–Trinajstić information content (AvgIpc) is 2.78. The predicted octanol–water partition coefficient (Wildman–Crippen LogP) is 4.86. The first kappa shape index (κ1) is 22.1. The number of anilines is 1. The summed E-state index contributed by atoms with van der Waals surface area (Å²) in [6.45, 7) is -0.351. The molecule has 3 aromatic carbocycles. The molecule has 0 unspecified atom stereocenters. The first-order chi connectivity index (χ1) is 15.0. The number of hydrogen-bond acceptors (Lipinski definition) is 5. The van der Waals surface area contributed by atoms with Gasteiger partial charge in [-0.2, -0.15) is 0 Å². The SMILES string of the molecule is COc1cc(C(=O)OCC(=O)Nc2ccccc2F)ccc1OCc1ccccc1Cl. The van der Waals surface area contributed by atoms with E-state index in [1.807, 2.05) is 18.2 Å². The Morgan fingerprint density at radius 1 is 1.00 bits per heavy atom. The Morgan fingerprint density at radius 2 is 1.74 bits per heavy atom. The van der Waals surface area contributed by atoms with Crippen molar-refractivity contribution in [3.05, 3.63) is 88.7 Å². The van der Waals surface area contributed by atoms with Crippen molar-refractivity contribution < 1.29 is 28.2 Å². The van der Waals surface area contributed by atoms with Crippen molar-refractivity contribution in [2.45, 2.75) is 6.61 Å². The number of carbonyl (C=O) groups excluding carboxylic acids is 2.